The lowest BCUT2D eigenvalue weighted by Crippen LogP contribution is -2.46. The maximum absolute atomic E-state index is 11.0. The van der Waals surface area contributed by atoms with Crippen LogP contribution in [0.3, 0.4) is 0 Å². The van der Waals surface area contributed by atoms with Crippen LogP contribution in [0.15, 0.2) is 48.5 Å². The molecular formula is C20H24Cl2N2O. The van der Waals surface area contributed by atoms with Crippen molar-refractivity contribution < 1.29 is 5.11 Å². The molecule has 3 nitrogen and oxygen atoms in total. The van der Waals surface area contributed by atoms with Gasteiger partial charge in [-0.3, -0.25) is 4.90 Å². The molecule has 1 aliphatic heterocycles. The molecule has 5 heteroatoms. The molecule has 3 rings (SSSR count). The third-order valence-electron chi connectivity index (χ3n) is 5.10. The normalized spacial score (nSPS) is 18.9. The Balaban J connectivity index is 1.75. The van der Waals surface area contributed by atoms with Gasteiger partial charge in [0.15, 0.2) is 0 Å². The van der Waals surface area contributed by atoms with Crippen LogP contribution in [0.25, 0.3) is 0 Å². The molecule has 0 aliphatic carbocycles. The highest BCUT2D eigenvalue weighted by molar-refractivity contribution is 6.42. The maximum atomic E-state index is 11.0. The molecule has 1 unspecified atom stereocenters. The van der Waals surface area contributed by atoms with E-state index in [2.05, 4.69) is 10.2 Å². The maximum Gasteiger partial charge on any atom is 0.0920 e. The van der Waals surface area contributed by atoms with Crippen molar-refractivity contribution in [1.29, 1.82) is 0 Å². The molecule has 0 saturated carbocycles. The summed E-state index contributed by atoms with van der Waals surface area (Å²) in [5, 5.41) is 15.5. The fourth-order valence-corrected chi connectivity index (χ4v) is 3.92. The van der Waals surface area contributed by atoms with Crippen molar-refractivity contribution >= 4 is 23.2 Å². The van der Waals surface area contributed by atoms with Crippen LogP contribution in [0.5, 0.6) is 0 Å². The van der Waals surface area contributed by atoms with Gasteiger partial charge in [0.2, 0.25) is 0 Å². The first-order chi connectivity index (χ1) is 12.0. The molecule has 0 aromatic heterocycles. The van der Waals surface area contributed by atoms with Crippen LogP contribution in [-0.4, -0.2) is 36.7 Å². The number of rotatable bonds is 5. The second-order valence-corrected chi connectivity index (χ2v) is 7.50. The molecule has 1 aliphatic rings. The highest BCUT2D eigenvalue weighted by Crippen LogP contribution is 2.36. The molecule has 134 valence electrons. The van der Waals surface area contributed by atoms with Crippen molar-refractivity contribution in [3.63, 3.8) is 0 Å². The van der Waals surface area contributed by atoms with E-state index in [9.17, 15) is 5.11 Å². The molecular weight excluding hydrogens is 355 g/mol. The first-order valence-corrected chi connectivity index (χ1v) is 9.40. The van der Waals surface area contributed by atoms with E-state index in [-0.39, 0.29) is 6.04 Å². The number of hydrogen-bond acceptors (Lipinski definition) is 3. The molecule has 1 heterocycles. The van der Waals surface area contributed by atoms with Gasteiger partial charge in [0.25, 0.3) is 0 Å². The quantitative estimate of drug-likeness (QED) is 0.816. The second kappa shape index (κ2) is 8.07. The van der Waals surface area contributed by atoms with E-state index in [1.807, 2.05) is 55.6 Å². The standard InChI is InChI=1S/C20H24Cl2N2O/c1-23-14-19(15-7-8-17(21)18(22)13-15)24-11-9-20(25,10-12-24)16-5-3-2-4-6-16/h2-8,13,19,23,25H,9-12,14H2,1H3. The molecule has 1 fully saturated rings. The summed E-state index contributed by atoms with van der Waals surface area (Å²) in [4.78, 5) is 2.41. The van der Waals surface area contributed by atoms with Crippen molar-refractivity contribution in [2.45, 2.75) is 24.5 Å². The highest BCUT2D eigenvalue weighted by atomic mass is 35.5. The first-order valence-electron chi connectivity index (χ1n) is 8.65. The predicted octanol–water partition coefficient (Wildman–Crippen LogP) is 4.24. The number of hydrogen-bond donors (Lipinski definition) is 2. The van der Waals surface area contributed by atoms with Crippen molar-refractivity contribution in [3.05, 3.63) is 69.7 Å². The van der Waals surface area contributed by atoms with E-state index in [1.54, 1.807) is 0 Å². The van der Waals surface area contributed by atoms with Gasteiger partial charge in [0.05, 0.1) is 15.6 Å². The average molecular weight is 379 g/mol. The molecule has 1 atom stereocenters. The molecule has 0 spiro atoms. The predicted molar refractivity (Wildman–Crippen MR) is 104 cm³/mol. The Hall–Kier alpha value is -1.10. The van der Waals surface area contributed by atoms with E-state index in [0.717, 1.165) is 43.6 Å². The zero-order chi connectivity index (χ0) is 17.9. The van der Waals surface area contributed by atoms with Crippen LogP contribution in [0, 0.1) is 0 Å². The van der Waals surface area contributed by atoms with Gasteiger partial charge in [-0.05, 0) is 43.1 Å². The zero-order valence-corrected chi connectivity index (χ0v) is 15.9. The van der Waals surface area contributed by atoms with Crippen LogP contribution in [0.2, 0.25) is 10.0 Å². The van der Waals surface area contributed by atoms with E-state index < -0.39 is 5.60 Å². The summed E-state index contributed by atoms with van der Waals surface area (Å²) < 4.78 is 0. The van der Waals surface area contributed by atoms with Crippen molar-refractivity contribution in [2.75, 3.05) is 26.7 Å². The van der Waals surface area contributed by atoms with E-state index in [1.165, 1.54) is 0 Å². The molecule has 2 N–H and O–H groups in total. The lowest BCUT2D eigenvalue weighted by Gasteiger charge is -2.42. The van der Waals surface area contributed by atoms with Gasteiger partial charge in [-0.15, -0.1) is 0 Å². The van der Waals surface area contributed by atoms with Gasteiger partial charge in [0.1, 0.15) is 0 Å². The molecule has 0 bridgehead atoms. The van der Waals surface area contributed by atoms with Crippen molar-refractivity contribution in [1.82, 2.24) is 10.2 Å². The van der Waals surface area contributed by atoms with E-state index in [4.69, 9.17) is 23.2 Å². The Kier molecular flexibility index (Phi) is 6.03. The number of piperidine rings is 1. The molecule has 2 aromatic rings. The molecule has 2 aromatic carbocycles. The second-order valence-electron chi connectivity index (χ2n) is 6.68. The number of nitrogens with zero attached hydrogens (tertiary/aromatic N) is 1. The summed E-state index contributed by atoms with van der Waals surface area (Å²) in [6.07, 6.45) is 1.44. The van der Waals surface area contributed by atoms with Crippen molar-refractivity contribution in [3.8, 4) is 0 Å². The lowest BCUT2D eigenvalue weighted by atomic mass is 9.83. The summed E-state index contributed by atoms with van der Waals surface area (Å²) in [5.74, 6) is 0. The summed E-state index contributed by atoms with van der Waals surface area (Å²) in [5.41, 5.74) is 1.42. The topological polar surface area (TPSA) is 35.5 Å². The van der Waals surface area contributed by atoms with Crippen LogP contribution < -0.4 is 5.32 Å². The van der Waals surface area contributed by atoms with Gasteiger partial charge in [-0.2, -0.15) is 0 Å². The fraction of sp³-hybridized carbons (Fsp3) is 0.400. The third-order valence-corrected chi connectivity index (χ3v) is 5.84. The van der Waals surface area contributed by atoms with Crippen LogP contribution in [0.1, 0.15) is 30.0 Å². The Morgan fingerprint density at radius 1 is 1.08 bits per heavy atom. The van der Waals surface area contributed by atoms with Gasteiger partial charge in [-0.1, -0.05) is 59.6 Å². The fourth-order valence-electron chi connectivity index (χ4n) is 3.61. The molecule has 1 saturated heterocycles. The SMILES string of the molecule is CNCC(c1ccc(Cl)c(Cl)c1)N1CCC(O)(c2ccccc2)CC1. The Labute approximate surface area is 159 Å². The highest BCUT2D eigenvalue weighted by Gasteiger charge is 2.36. The van der Waals surface area contributed by atoms with Gasteiger partial charge < -0.3 is 10.4 Å². The molecule has 0 radical (unpaired) electrons. The first kappa shape index (κ1) is 18.7. The minimum absolute atomic E-state index is 0.208. The van der Waals surface area contributed by atoms with Gasteiger partial charge >= 0.3 is 0 Å². The molecule has 0 amide bonds. The average Bonchev–Trinajstić information content (AvgIpc) is 2.64. The summed E-state index contributed by atoms with van der Waals surface area (Å²) in [6, 6.07) is 16.0. The lowest BCUT2D eigenvalue weighted by molar-refractivity contribution is -0.0358. The Bertz CT molecular complexity index is 700. The number of likely N-dealkylation sites (tertiary alicyclic amines) is 1. The number of benzene rings is 2. The van der Waals surface area contributed by atoms with Crippen molar-refractivity contribution in [2.24, 2.45) is 0 Å². The van der Waals surface area contributed by atoms with Gasteiger partial charge in [-0.25, -0.2) is 0 Å². The molecule has 25 heavy (non-hydrogen) atoms. The van der Waals surface area contributed by atoms with E-state index in [0.29, 0.717) is 10.0 Å². The monoisotopic (exact) mass is 378 g/mol. The Morgan fingerprint density at radius 3 is 2.36 bits per heavy atom. The number of likely N-dealkylation sites (N-methyl/N-ethyl adjacent to an activating group) is 1. The summed E-state index contributed by atoms with van der Waals surface area (Å²) in [6.45, 7) is 2.48. The summed E-state index contributed by atoms with van der Waals surface area (Å²) >= 11 is 12.3. The van der Waals surface area contributed by atoms with Crippen LogP contribution in [-0.2, 0) is 5.60 Å². The largest absolute Gasteiger partial charge is 0.385 e. The number of aliphatic hydroxyl groups is 1. The number of nitrogens with one attached hydrogen (secondary N) is 1. The smallest absolute Gasteiger partial charge is 0.0920 e. The Morgan fingerprint density at radius 2 is 1.76 bits per heavy atom. The van der Waals surface area contributed by atoms with Gasteiger partial charge in [0, 0.05) is 25.7 Å². The number of halogens is 2. The third kappa shape index (κ3) is 4.18. The van der Waals surface area contributed by atoms with Crippen LogP contribution >= 0.6 is 23.2 Å². The summed E-state index contributed by atoms with van der Waals surface area (Å²) in [7, 11) is 1.95. The minimum atomic E-state index is -0.737. The minimum Gasteiger partial charge on any atom is -0.385 e. The van der Waals surface area contributed by atoms with Crippen LogP contribution in [0.4, 0.5) is 0 Å². The zero-order valence-electron chi connectivity index (χ0n) is 14.4. The van der Waals surface area contributed by atoms with E-state index >= 15 is 0 Å².